The van der Waals surface area contributed by atoms with Crippen LogP contribution in [0.3, 0.4) is 0 Å². The van der Waals surface area contributed by atoms with E-state index in [1.807, 2.05) is 5.48 Å². The molecule has 1 aliphatic rings. The zero-order valence-corrected chi connectivity index (χ0v) is 7.94. The Morgan fingerprint density at radius 3 is 3.00 bits per heavy atom. The van der Waals surface area contributed by atoms with Crippen LogP contribution in [0, 0.1) is 0 Å². The number of carbonyl (C=O) groups excluding carboxylic acids is 1. The molecule has 0 aromatic heterocycles. The van der Waals surface area contributed by atoms with Gasteiger partial charge in [-0.15, -0.1) is 0 Å². The van der Waals surface area contributed by atoms with Crippen LogP contribution in [0.25, 0.3) is 0 Å². The molecule has 1 atom stereocenters. The van der Waals surface area contributed by atoms with Gasteiger partial charge in [0.15, 0.2) is 5.54 Å². The fraction of sp³-hybridized carbons (Fsp3) is 0.571. The third-order valence-electron chi connectivity index (χ3n) is 2.10. The predicted molar refractivity (Wildman–Crippen MR) is 49.0 cm³/mol. The number of hydroxylamine groups is 1. The second-order valence-electron chi connectivity index (χ2n) is 2.83. The van der Waals surface area contributed by atoms with Crippen molar-refractivity contribution >= 4 is 17.8 Å². The second-order valence-corrected chi connectivity index (χ2v) is 2.83. The van der Waals surface area contributed by atoms with E-state index in [0.717, 1.165) is 0 Å². The lowest BCUT2D eigenvalue weighted by molar-refractivity contribution is -0.126. The molecule has 0 radical (unpaired) electrons. The van der Waals surface area contributed by atoms with Crippen LogP contribution < -0.4 is 10.9 Å². The maximum atomic E-state index is 11.4. The lowest BCUT2D eigenvalue weighted by atomic mass is 9.92. The quantitative estimate of drug-likeness (QED) is 0.410. The first-order valence-corrected chi connectivity index (χ1v) is 3.99. The summed E-state index contributed by atoms with van der Waals surface area (Å²) in [5, 5.41) is 16.2. The predicted octanol–water partition coefficient (Wildman–Crippen LogP) is -0.768. The van der Waals surface area contributed by atoms with E-state index in [1.165, 1.54) is 13.3 Å². The van der Waals surface area contributed by atoms with Crippen molar-refractivity contribution in [2.24, 2.45) is 10.3 Å². The zero-order valence-electron chi connectivity index (χ0n) is 7.94. The van der Waals surface area contributed by atoms with Crippen molar-refractivity contribution < 1.29 is 14.8 Å². The van der Waals surface area contributed by atoms with Gasteiger partial charge in [-0.3, -0.25) is 4.79 Å². The number of hydrogen-bond donors (Lipinski definition) is 3. The molecule has 78 valence electrons. The van der Waals surface area contributed by atoms with Gasteiger partial charge in [0.25, 0.3) is 5.91 Å². The van der Waals surface area contributed by atoms with Crippen molar-refractivity contribution in [3.63, 3.8) is 0 Å². The van der Waals surface area contributed by atoms with Crippen LogP contribution in [0.2, 0.25) is 0 Å². The molecule has 0 fully saturated rings. The summed E-state index contributed by atoms with van der Waals surface area (Å²) in [6.07, 6.45) is 1.55. The van der Waals surface area contributed by atoms with E-state index in [2.05, 4.69) is 20.5 Å². The normalized spacial score (nSPS) is 26.5. The van der Waals surface area contributed by atoms with Crippen LogP contribution in [-0.4, -0.2) is 35.7 Å². The molecule has 3 N–H and O–H groups in total. The smallest absolute Gasteiger partial charge is 0.268 e. The fourth-order valence-electron chi connectivity index (χ4n) is 1.16. The highest BCUT2D eigenvalue weighted by Gasteiger charge is 2.44. The molecule has 1 aliphatic heterocycles. The molecule has 0 aromatic rings. The Morgan fingerprint density at radius 2 is 2.57 bits per heavy atom. The average molecular weight is 200 g/mol. The minimum Gasteiger partial charge on any atom is -0.399 e. The molecule has 7 nitrogen and oxygen atoms in total. The topological polar surface area (TPSA) is 95.3 Å². The number of nitrogens with zero attached hydrogens (tertiary/aromatic N) is 2. The molecule has 0 spiro atoms. The number of oxime groups is 1. The van der Waals surface area contributed by atoms with Gasteiger partial charge in [-0.1, -0.05) is 5.16 Å². The molecule has 0 aromatic carbocycles. The summed E-state index contributed by atoms with van der Waals surface area (Å²) >= 11 is 0. The molecule has 0 aliphatic carbocycles. The van der Waals surface area contributed by atoms with Crippen molar-refractivity contribution in [1.82, 2.24) is 10.9 Å². The fourth-order valence-corrected chi connectivity index (χ4v) is 1.16. The Bertz CT molecular complexity index is 289. The third kappa shape index (κ3) is 1.59. The molecule has 7 heteroatoms. The van der Waals surface area contributed by atoms with Gasteiger partial charge < -0.3 is 10.0 Å². The molecule has 1 amide bonds. The molecule has 14 heavy (non-hydrogen) atoms. The molecular formula is C7H12N4O3. The van der Waals surface area contributed by atoms with E-state index in [-0.39, 0.29) is 6.42 Å². The summed E-state index contributed by atoms with van der Waals surface area (Å²) in [5.41, 5.74) is 3.44. The van der Waals surface area contributed by atoms with Gasteiger partial charge in [0.2, 0.25) is 0 Å². The van der Waals surface area contributed by atoms with Crippen molar-refractivity contribution in [2.75, 3.05) is 7.11 Å². The highest BCUT2D eigenvalue weighted by atomic mass is 16.6. The van der Waals surface area contributed by atoms with Crippen molar-refractivity contribution in [2.45, 2.75) is 18.9 Å². The van der Waals surface area contributed by atoms with Gasteiger partial charge in [-0.2, -0.15) is 10.6 Å². The summed E-state index contributed by atoms with van der Waals surface area (Å²) < 4.78 is 0. The first kappa shape index (κ1) is 10.6. The Morgan fingerprint density at radius 1 is 1.86 bits per heavy atom. The first-order valence-electron chi connectivity index (χ1n) is 3.99. The number of hydrazone groups is 1. The molecule has 0 bridgehead atoms. The second kappa shape index (κ2) is 4.16. The van der Waals surface area contributed by atoms with Gasteiger partial charge >= 0.3 is 0 Å². The Hall–Kier alpha value is -1.47. The van der Waals surface area contributed by atoms with E-state index in [0.29, 0.717) is 5.71 Å². The summed E-state index contributed by atoms with van der Waals surface area (Å²) in [7, 11) is 1.39. The Labute approximate surface area is 80.8 Å². The Kier molecular flexibility index (Phi) is 3.15. The third-order valence-corrected chi connectivity index (χ3v) is 2.10. The number of hydrogen-bond acceptors (Lipinski definition) is 6. The van der Waals surface area contributed by atoms with Crippen LogP contribution in [0.15, 0.2) is 10.3 Å². The van der Waals surface area contributed by atoms with Crippen LogP contribution in [-0.2, 0) is 9.63 Å². The highest BCUT2D eigenvalue weighted by Crippen LogP contribution is 2.16. The van der Waals surface area contributed by atoms with Crippen LogP contribution in [0.4, 0.5) is 0 Å². The van der Waals surface area contributed by atoms with Gasteiger partial charge in [0.05, 0.1) is 5.71 Å². The van der Waals surface area contributed by atoms with Crippen LogP contribution in [0.5, 0.6) is 0 Å². The number of carbonyl (C=O) groups is 1. The lowest BCUT2D eigenvalue weighted by Gasteiger charge is -2.22. The summed E-state index contributed by atoms with van der Waals surface area (Å²) in [6, 6.07) is 0. The monoisotopic (exact) mass is 200 g/mol. The molecule has 1 unspecified atom stereocenters. The van der Waals surface area contributed by atoms with E-state index in [4.69, 9.17) is 5.21 Å². The van der Waals surface area contributed by atoms with Crippen molar-refractivity contribution in [3.05, 3.63) is 0 Å². The van der Waals surface area contributed by atoms with Crippen LogP contribution >= 0.6 is 0 Å². The summed E-state index contributed by atoms with van der Waals surface area (Å²) in [5.74, 6) is -0.417. The van der Waals surface area contributed by atoms with Gasteiger partial charge in [0.1, 0.15) is 7.11 Å². The molecule has 0 saturated carbocycles. The van der Waals surface area contributed by atoms with E-state index in [1.54, 1.807) is 6.92 Å². The highest BCUT2D eigenvalue weighted by molar-refractivity contribution is 6.16. The lowest BCUT2D eigenvalue weighted by Crippen LogP contribution is -2.55. The van der Waals surface area contributed by atoms with Crippen molar-refractivity contribution in [1.29, 1.82) is 0 Å². The summed E-state index contributed by atoms with van der Waals surface area (Å²) in [4.78, 5) is 15.8. The SMILES string of the molecule is CON=CCC1(NO)C(=O)NN=C1C. The average Bonchev–Trinajstić information content (AvgIpc) is 2.46. The zero-order chi connectivity index (χ0) is 10.6. The van der Waals surface area contributed by atoms with Crippen molar-refractivity contribution in [3.8, 4) is 0 Å². The molecule has 1 rings (SSSR count). The van der Waals surface area contributed by atoms with E-state index >= 15 is 0 Å². The minimum atomic E-state index is -1.22. The number of rotatable bonds is 4. The van der Waals surface area contributed by atoms with E-state index < -0.39 is 11.4 Å². The van der Waals surface area contributed by atoms with Gasteiger partial charge in [-0.25, -0.2) is 5.43 Å². The maximum Gasteiger partial charge on any atom is 0.268 e. The molecule has 0 saturated heterocycles. The minimum absolute atomic E-state index is 0.165. The molecule has 1 heterocycles. The largest absolute Gasteiger partial charge is 0.399 e. The maximum absolute atomic E-state index is 11.4. The first-order chi connectivity index (χ1) is 6.67. The molecular weight excluding hydrogens is 188 g/mol. The Balaban J connectivity index is 2.80. The standard InChI is InChI=1S/C7H12N4O3/c1-5-7(11-13,3-4-8-14-2)6(12)10-9-5/h4,11,13H,3H2,1-2H3,(H,10,12). The number of amides is 1. The van der Waals surface area contributed by atoms with Gasteiger partial charge in [0, 0.05) is 12.6 Å². The van der Waals surface area contributed by atoms with E-state index in [9.17, 15) is 4.79 Å². The number of nitrogens with one attached hydrogen (secondary N) is 2. The van der Waals surface area contributed by atoms with Gasteiger partial charge in [-0.05, 0) is 6.92 Å². The van der Waals surface area contributed by atoms with Crippen LogP contribution in [0.1, 0.15) is 13.3 Å². The summed E-state index contributed by atoms with van der Waals surface area (Å²) in [6.45, 7) is 1.63.